The normalized spacial score (nSPS) is 10.4. The molecule has 0 aliphatic heterocycles. The van der Waals surface area contributed by atoms with Gasteiger partial charge in [0, 0.05) is 18.7 Å². The SMILES string of the molecule is CCCCOCCNC(=O)c1ccc(CCN)cc1. The van der Waals surface area contributed by atoms with Crippen LogP contribution >= 0.6 is 0 Å². The molecule has 1 amide bonds. The van der Waals surface area contributed by atoms with Crippen molar-refractivity contribution in [3.8, 4) is 0 Å². The summed E-state index contributed by atoms with van der Waals surface area (Å²) in [7, 11) is 0. The lowest BCUT2D eigenvalue weighted by atomic mass is 10.1. The Balaban J connectivity index is 2.25. The van der Waals surface area contributed by atoms with Gasteiger partial charge in [0.05, 0.1) is 6.61 Å². The lowest BCUT2D eigenvalue weighted by Gasteiger charge is -2.07. The molecule has 19 heavy (non-hydrogen) atoms. The summed E-state index contributed by atoms with van der Waals surface area (Å²) in [4.78, 5) is 11.8. The number of hydrogen-bond donors (Lipinski definition) is 2. The number of rotatable bonds is 9. The summed E-state index contributed by atoms with van der Waals surface area (Å²) in [6, 6.07) is 7.55. The van der Waals surface area contributed by atoms with Crippen molar-refractivity contribution in [2.75, 3.05) is 26.3 Å². The third-order valence-corrected chi connectivity index (χ3v) is 2.82. The Morgan fingerprint density at radius 2 is 2.00 bits per heavy atom. The molecule has 0 heterocycles. The predicted molar refractivity (Wildman–Crippen MR) is 77.3 cm³/mol. The fourth-order valence-electron chi connectivity index (χ4n) is 1.68. The molecule has 1 aromatic carbocycles. The van der Waals surface area contributed by atoms with E-state index in [1.165, 1.54) is 0 Å². The molecule has 0 atom stereocenters. The van der Waals surface area contributed by atoms with E-state index in [1.807, 2.05) is 24.3 Å². The molecule has 0 aliphatic carbocycles. The van der Waals surface area contributed by atoms with Crippen LogP contribution < -0.4 is 11.1 Å². The number of hydrogen-bond acceptors (Lipinski definition) is 3. The molecular weight excluding hydrogens is 240 g/mol. The van der Waals surface area contributed by atoms with E-state index in [0.29, 0.717) is 25.3 Å². The van der Waals surface area contributed by atoms with Gasteiger partial charge in [0.15, 0.2) is 0 Å². The zero-order chi connectivity index (χ0) is 13.9. The van der Waals surface area contributed by atoms with Crippen LogP contribution in [0.3, 0.4) is 0 Å². The molecule has 1 aromatic rings. The number of carbonyl (C=O) groups excluding carboxylic acids is 1. The van der Waals surface area contributed by atoms with Gasteiger partial charge < -0.3 is 15.8 Å². The number of nitrogens with one attached hydrogen (secondary N) is 1. The number of benzene rings is 1. The molecule has 4 nitrogen and oxygen atoms in total. The number of carbonyl (C=O) groups is 1. The van der Waals surface area contributed by atoms with Gasteiger partial charge in [-0.05, 0) is 37.1 Å². The summed E-state index contributed by atoms with van der Waals surface area (Å²) < 4.78 is 5.38. The van der Waals surface area contributed by atoms with Crippen LogP contribution in [0.15, 0.2) is 24.3 Å². The minimum atomic E-state index is -0.0570. The zero-order valence-corrected chi connectivity index (χ0v) is 11.7. The standard InChI is InChI=1S/C15H24N2O2/c1-2-3-11-19-12-10-17-15(18)14-6-4-13(5-7-14)8-9-16/h4-7H,2-3,8-12,16H2,1H3,(H,17,18). The van der Waals surface area contributed by atoms with Gasteiger partial charge >= 0.3 is 0 Å². The Hall–Kier alpha value is -1.39. The van der Waals surface area contributed by atoms with E-state index in [0.717, 1.165) is 31.4 Å². The van der Waals surface area contributed by atoms with Crippen molar-refractivity contribution in [1.82, 2.24) is 5.32 Å². The number of nitrogens with two attached hydrogens (primary N) is 1. The molecule has 0 spiro atoms. The van der Waals surface area contributed by atoms with E-state index in [1.54, 1.807) is 0 Å². The Labute approximate surface area is 115 Å². The molecular formula is C15H24N2O2. The highest BCUT2D eigenvalue weighted by Crippen LogP contribution is 2.04. The van der Waals surface area contributed by atoms with Crippen LogP contribution in [0, 0.1) is 0 Å². The fourth-order valence-corrected chi connectivity index (χ4v) is 1.68. The highest BCUT2D eigenvalue weighted by Gasteiger charge is 2.04. The Morgan fingerprint density at radius 3 is 2.63 bits per heavy atom. The van der Waals surface area contributed by atoms with Crippen molar-refractivity contribution in [1.29, 1.82) is 0 Å². The summed E-state index contributed by atoms with van der Waals surface area (Å²) in [6.45, 7) is 4.63. The monoisotopic (exact) mass is 264 g/mol. The molecule has 0 aliphatic rings. The number of amides is 1. The Bertz CT molecular complexity index is 363. The maximum absolute atomic E-state index is 11.8. The summed E-state index contributed by atoms with van der Waals surface area (Å²) in [6.07, 6.45) is 3.03. The molecule has 106 valence electrons. The molecule has 0 saturated carbocycles. The largest absolute Gasteiger partial charge is 0.380 e. The lowest BCUT2D eigenvalue weighted by Crippen LogP contribution is -2.27. The second kappa shape index (κ2) is 9.53. The van der Waals surface area contributed by atoms with Crippen molar-refractivity contribution in [3.05, 3.63) is 35.4 Å². The van der Waals surface area contributed by atoms with Crippen LogP contribution in [0.2, 0.25) is 0 Å². The first-order valence-corrected chi connectivity index (χ1v) is 6.93. The predicted octanol–water partition coefficient (Wildman–Crippen LogP) is 1.73. The quantitative estimate of drug-likeness (QED) is 0.668. The van der Waals surface area contributed by atoms with Crippen molar-refractivity contribution in [2.24, 2.45) is 5.73 Å². The van der Waals surface area contributed by atoms with Crippen molar-refractivity contribution in [2.45, 2.75) is 26.2 Å². The van der Waals surface area contributed by atoms with Gasteiger partial charge in [0.2, 0.25) is 0 Å². The second-order valence-electron chi connectivity index (χ2n) is 4.46. The van der Waals surface area contributed by atoms with Crippen LogP contribution in [0.4, 0.5) is 0 Å². The van der Waals surface area contributed by atoms with E-state index in [9.17, 15) is 4.79 Å². The van der Waals surface area contributed by atoms with Gasteiger partial charge in [-0.3, -0.25) is 4.79 Å². The first kappa shape index (κ1) is 15.7. The van der Waals surface area contributed by atoms with Crippen molar-refractivity contribution in [3.63, 3.8) is 0 Å². The summed E-state index contributed by atoms with van der Waals surface area (Å²) in [5.74, 6) is -0.0570. The molecule has 0 fully saturated rings. The highest BCUT2D eigenvalue weighted by molar-refractivity contribution is 5.94. The van der Waals surface area contributed by atoms with Crippen LogP contribution in [-0.4, -0.2) is 32.2 Å². The second-order valence-corrected chi connectivity index (χ2v) is 4.46. The van der Waals surface area contributed by atoms with Crippen molar-refractivity contribution < 1.29 is 9.53 Å². The maximum atomic E-state index is 11.8. The molecule has 0 radical (unpaired) electrons. The van der Waals surface area contributed by atoms with E-state index >= 15 is 0 Å². The minimum absolute atomic E-state index is 0.0570. The maximum Gasteiger partial charge on any atom is 0.251 e. The average Bonchev–Trinajstić information content (AvgIpc) is 2.43. The minimum Gasteiger partial charge on any atom is -0.380 e. The van der Waals surface area contributed by atoms with E-state index in [2.05, 4.69) is 12.2 Å². The third-order valence-electron chi connectivity index (χ3n) is 2.82. The molecule has 0 unspecified atom stereocenters. The van der Waals surface area contributed by atoms with E-state index in [-0.39, 0.29) is 5.91 Å². The van der Waals surface area contributed by atoms with E-state index < -0.39 is 0 Å². The zero-order valence-electron chi connectivity index (χ0n) is 11.7. The average molecular weight is 264 g/mol. The first-order valence-electron chi connectivity index (χ1n) is 6.93. The Kier molecular flexibility index (Phi) is 7.86. The number of ether oxygens (including phenoxy) is 1. The molecule has 4 heteroatoms. The fraction of sp³-hybridized carbons (Fsp3) is 0.533. The third kappa shape index (κ3) is 6.36. The molecule has 0 bridgehead atoms. The van der Waals surface area contributed by atoms with E-state index in [4.69, 9.17) is 10.5 Å². The van der Waals surface area contributed by atoms with Gasteiger partial charge in [0.1, 0.15) is 0 Å². The number of unbranched alkanes of at least 4 members (excludes halogenated alkanes) is 1. The smallest absolute Gasteiger partial charge is 0.251 e. The van der Waals surface area contributed by atoms with Crippen LogP contribution in [0.1, 0.15) is 35.7 Å². The van der Waals surface area contributed by atoms with Crippen LogP contribution in [0.25, 0.3) is 0 Å². The summed E-state index contributed by atoms with van der Waals surface area (Å²) in [5.41, 5.74) is 7.31. The molecule has 1 rings (SSSR count). The van der Waals surface area contributed by atoms with Gasteiger partial charge in [-0.15, -0.1) is 0 Å². The van der Waals surface area contributed by atoms with Gasteiger partial charge in [-0.2, -0.15) is 0 Å². The van der Waals surface area contributed by atoms with Crippen molar-refractivity contribution >= 4 is 5.91 Å². The first-order chi connectivity index (χ1) is 9.27. The van der Waals surface area contributed by atoms with Gasteiger partial charge in [-0.1, -0.05) is 25.5 Å². The summed E-state index contributed by atoms with van der Waals surface area (Å²) in [5, 5.41) is 2.84. The Morgan fingerprint density at radius 1 is 1.26 bits per heavy atom. The summed E-state index contributed by atoms with van der Waals surface area (Å²) >= 11 is 0. The van der Waals surface area contributed by atoms with Crippen LogP contribution in [-0.2, 0) is 11.2 Å². The van der Waals surface area contributed by atoms with Gasteiger partial charge in [-0.25, -0.2) is 0 Å². The van der Waals surface area contributed by atoms with Gasteiger partial charge in [0.25, 0.3) is 5.91 Å². The lowest BCUT2D eigenvalue weighted by molar-refractivity contribution is 0.0913. The van der Waals surface area contributed by atoms with Crippen LogP contribution in [0.5, 0.6) is 0 Å². The highest BCUT2D eigenvalue weighted by atomic mass is 16.5. The molecule has 3 N–H and O–H groups in total. The molecule has 0 aromatic heterocycles. The topological polar surface area (TPSA) is 64.3 Å². The molecule has 0 saturated heterocycles.